The Morgan fingerprint density at radius 1 is 1.11 bits per heavy atom. The van der Waals surface area contributed by atoms with Crippen LogP contribution in [0.3, 0.4) is 0 Å². The van der Waals surface area contributed by atoms with Crippen LogP contribution in [0.2, 0.25) is 0 Å². The van der Waals surface area contributed by atoms with Crippen molar-refractivity contribution < 1.29 is 14.3 Å². The van der Waals surface area contributed by atoms with E-state index in [-0.39, 0.29) is 30.5 Å². The van der Waals surface area contributed by atoms with Gasteiger partial charge in [-0.05, 0) is 38.2 Å². The fourth-order valence-electron chi connectivity index (χ4n) is 4.47. The summed E-state index contributed by atoms with van der Waals surface area (Å²) in [5, 5.41) is 6.28. The third-order valence-corrected chi connectivity index (χ3v) is 5.96. The number of rotatable bonds is 5. The van der Waals surface area contributed by atoms with Crippen LogP contribution in [-0.2, 0) is 16.1 Å². The maximum Gasteiger partial charge on any atom is 0.408 e. The van der Waals surface area contributed by atoms with Crippen molar-refractivity contribution >= 4 is 12.0 Å². The molecule has 1 aromatic rings. The molecule has 2 fully saturated rings. The summed E-state index contributed by atoms with van der Waals surface area (Å²) < 4.78 is 5.41. The van der Waals surface area contributed by atoms with Gasteiger partial charge in [-0.15, -0.1) is 0 Å². The van der Waals surface area contributed by atoms with Gasteiger partial charge in [0.2, 0.25) is 5.91 Å². The predicted octanol–water partition coefficient (Wildman–Crippen LogP) is 3.07. The lowest BCUT2D eigenvalue weighted by atomic mass is 9.83. The Balaban J connectivity index is 1.67. The number of hydrogen-bond donors (Lipinski definition) is 2. The van der Waals surface area contributed by atoms with Gasteiger partial charge in [0.1, 0.15) is 12.6 Å². The number of alkyl carbamates (subject to hydrolysis) is 1. The molecule has 3 rings (SSSR count). The minimum atomic E-state index is -0.511. The maximum absolute atomic E-state index is 13.5. The number of nitrogens with zero attached hydrogens (tertiary/aromatic N) is 1. The van der Waals surface area contributed by atoms with Gasteiger partial charge in [0.05, 0.1) is 0 Å². The summed E-state index contributed by atoms with van der Waals surface area (Å²) in [6.45, 7) is 5.90. The average molecular weight is 388 g/mol. The Hall–Kier alpha value is -2.08. The minimum Gasteiger partial charge on any atom is -0.445 e. The molecule has 0 spiro atoms. The molecule has 2 N–H and O–H groups in total. The molecule has 6 heteroatoms. The molecule has 1 aliphatic carbocycles. The quantitative estimate of drug-likeness (QED) is 0.815. The Morgan fingerprint density at radius 3 is 2.39 bits per heavy atom. The van der Waals surface area contributed by atoms with Gasteiger partial charge in [0.25, 0.3) is 0 Å². The summed E-state index contributed by atoms with van der Waals surface area (Å²) in [5.74, 6) is 0.213. The van der Waals surface area contributed by atoms with Crippen LogP contribution in [0.25, 0.3) is 0 Å². The van der Waals surface area contributed by atoms with Crippen molar-refractivity contribution in [2.24, 2.45) is 5.92 Å². The van der Waals surface area contributed by atoms with E-state index in [0.717, 1.165) is 44.3 Å². The molecular formula is C22H33N3O3. The molecule has 2 amide bonds. The lowest BCUT2D eigenvalue weighted by Crippen LogP contribution is -2.62. The summed E-state index contributed by atoms with van der Waals surface area (Å²) in [6.07, 6.45) is 4.87. The van der Waals surface area contributed by atoms with E-state index in [2.05, 4.69) is 24.5 Å². The fourth-order valence-corrected chi connectivity index (χ4v) is 4.47. The summed E-state index contributed by atoms with van der Waals surface area (Å²) in [6, 6.07) is 9.32. The van der Waals surface area contributed by atoms with E-state index in [1.54, 1.807) is 0 Å². The van der Waals surface area contributed by atoms with E-state index in [1.165, 1.54) is 6.42 Å². The molecule has 28 heavy (non-hydrogen) atoms. The molecule has 2 aliphatic rings. The zero-order valence-electron chi connectivity index (χ0n) is 17.0. The zero-order chi connectivity index (χ0) is 19.9. The maximum atomic E-state index is 13.5. The van der Waals surface area contributed by atoms with Crippen LogP contribution in [-0.4, -0.2) is 48.1 Å². The number of piperazine rings is 1. The molecule has 0 radical (unpaired) electrons. The van der Waals surface area contributed by atoms with E-state index in [9.17, 15) is 9.59 Å². The first-order valence-electron chi connectivity index (χ1n) is 10.6. The highest BCUT2D eigenvalue weighted by atomic mass is 16.5. The van der Waals surface area contributed by atoms with Crippen LogP contribution >= 0.6 is 0 Å². The third kappa shape index (κ3) is 5.25. The van der Waals surface area contributed by atoms with Crippen molar-refractivity contribution in [3.05, 3.63) is 35.9 Å². The monoisotopic (exact) mass is 387 g/mol. The second-order valence-electron chi connectivity index (χ2n) is 8.18. The third-order valence-electron chi connectivity index (χ3n) is 5.96. The van der Waals surface area contributed by atoms with E-state index in [0.29, 0.717) is 0 Å². The van der Waals surface area contributed by atoms with E-state index >= 15 is 0 Å². The van der Waals surface area contributed by atoms with Gasteiger partial charge in [0.15, 0.2) is 0 Å². The fraction of sp³-hybridized carbons (Fsp3) is 0.636. The van der Waals surface area contributed by atoms with Gasteiger partial charge in [-0.3, -0.25) is 4.79 Å². The molecular weight excluding hydrogens is 354 g/mol. The number of carbonyl (C=O) groups is 2. The number of benzene rings is 1. The van der Waals surface area contributed by atoms with E-state index in [1.807, 2.05) is 35.2 Å². The normalized spacial score (nSPS) is 24.4. The first-order valence-corrected chi connectivity index (χ1v) is 10.6. The highest BCUT2D eigenvalue weighted by Gasteiger charge is 2.38. The van der Waals surface area contributed by atoms with Crippen LogP contribution in [0.4, 0.5) is 4.79 Å². The van der Waals surface area contributed by atoms with Crippen molar-refractivity contribution in [2.45, 2.75) is 70.7 Å². The molecule has 1 saturated carbocycles. The van der Waals surface area contributed by atoms with Crippen LogP contribution in [0.1, 0.15) is 51.5 Å². The Bertz CT molecular complexity index is 636. The zero-order valence-corrected chi connectivity index (χ0v) is 17.0. The molecule has 1 aromatic carbocycles. The molecule has 3 atom stereocenters. The Labute approximate surface area is 168 Å². The number of ether oxygens (including phenoxy) is 1. The SMILES string of the molecule is C[C@H]1CNC[C@H](C)N1C(=O)[C@H](NC(=O)OCc1ccccc1)C1CCCCC1. The molecule has 154 valence electrons. The van der Waals surface area contributed by atoms with Crippen molar-refractivity contribution in [1.29, 1.82) is 0 Å². The lowest BCUT2D eigenvalue weighted by molar-refractivity contribution is -0.140. The van der Waals surface area contributed by atoms with Crippen LogP contribution in [0, 0.1) is 5.92 Å². The summed E-state index contributed by atoms with van der Waals surface area (Å²) >= 11 is 0. The van der Waals surface area contributed by atoms with Crippen molar-refractivity contribution in [3.63, 3.8) is 0 Å². The molecule has 0 unspecified atom stereocenters. The molecule has 6 nitrogen and oxygen atoms in total. The van der Waals surface area contributed by atoms with Crippen LogP contribution in [0.5, 0.6) is 0 Å². The topological polar surface area (TPSA) is 70.7 Å². The van der Waals surface area contributed by atoms with Gasteiger partial charge in [0, 0.05) is 25.2 Å². The van der Waals surface area contributed by atoms with Gasteiger partial charge in [-0.1, -0.05) is 49.6 Å². The van der Waals surface area contributed by atoms with E-state index in [4.69, 9.17) is 4.74 Å². The minimum absolute atomic E-state index is 0.0325. The standard InChI is InChI=1S/C22H33N3O3/c1-16-13-23-14-17(2)25(16)21(26)20(19-11-7-4-8-12-19)24-22(27)28-15-18-9-5-3-6-10-18/h3,5-6,9-10,16-17,19-20,23H,4,7-8,11-15H2,1-2H3,(H,24,27)/t16-,17-,20+/m0/s1. The molecule has 0 aromatic heterocycles. The van der Waals surface area contributed by atoms with Gasteiger partial charge in [-0.25, -0.2) is 4.79 Å². The van der Waals surface area contributed by atoms with E-state index < -0.39 is 12.1 Å². The Morgan fingerprint density at radius 2 is 1.75 bits per heavy atom. The van der Waals surface area contributed by atoms with Crippen LogP contribution < -0.4 is 10.6 Å². The summed E-state index contributed by atoms with van der Waals surface area (Å²) in [7, 11) is 0. The number of carbonyl (C=O) groups excluding carboxylic acids is 2. The lowest BCUT2D eigenvalue weighted by Gasteiger charge is -2.43. The first kappa shape index (κ1) is 20.6. The second kappa shape index (κ2) is 9.92. The highest BCUT2D eigenvalue weighted by molar-refractivity contribution is 5.86. The number of hydrogen-bond acceptors (Lipinski definition) is 4. The van der Waals surface area contributed by atoms with Gasteiger partial charge < -0.3 is 20.3 Å². The summed E-state index contributed by atoms with van der Waals surface area (Å²) in [5.41, 5.74) is 0.933. The van der Waals surface area contributed by atoms with Gasteiger partial charge >= 0.3 is 6.09 Å². The smallest absolute Gasteiger partial charge is 0.408 e. The number of amides is 2. The van der Waals surface area contributed by atoms with Crippen LogP contribution in [0.15, 0.2) is 30.3 Å². The first-order chi connectivity index (χ1) is 13.6. The highest BCUT2D eigenvalue weighted by Crippen LogP contribution is 2.28. The Kier molecular flexibility index (Phi) is 7.31. The van der Waals surface area contributed by atoms with Crippen molar-refractivity contribution in [2.75, 3.05) is 13.1 Å². The predicted molar refractivity (Wildman–Crippen MR) is 109 cm³/mol. The molecule has 1 heterocycles. The second-order valence-corrected chi connectivity index (χ2v) is 8.18. The number of nitrogens with one attached hydrogen (secondary N) is 2. The van der Waals surface area contributed by atoms with Crippen molar-refractivity contribution in [3.8, 4) is 0 Å². The molecule has 1 aliphatic heterocycles. The molecule has 0 bridgehead atoms. The van der Waals surface area contributed by atoms with Gasteiger partial charge in [-0.2, -0.15) is 0 Å². The molecule has 1 saturated heterocycles. The largest absolute Gasteiger partial charge is 0.445 e. The summed E-state index contributed by atoms with van der Waals surface area (Å²) in [4.78, 5) is 27.9. The average Bonchev–Trinajstić information content (AvgIpc) is 2.71. The van der Waals surface area contributed by atoms with Crippen molar-refractivity contribution in [1.82, 2.24) is 15.5 Å².